The van der Waals surface area contributed by atoms with E-state index in [9.17, 15) is 14.7 Å². The second-order valence-corrected chi connectivity index (χ2v) is 6.98. The van der Waals surface area contributed by atoms with Gasteiger partial charge in [-0.3, -0.25) is 9.59 Å². The van der Waals surface area contributed by atoms with Crippen LogP contribution in [0.4, 0.5) is 0 Å². The maximum atomic E-state index is 12.7. The SMILES string of the molecule is O=C(N[C@@H]1CCc2ccccc2[C@H]1C(=O)O)c1cc2cc(Cl)ccc2[nH]1. The van der Waals surface area contributed by atoms with Crippen molar-refractivity contribution in [2.75, 3.05) is 0 Å². The van der Waals surface area contributed by atoms with Gasteiger partial charge in [-0.15, -0.1) is 0 Å². The Morgan fingerprint density at radius 3 is 2.77 bits per heavy atom. The van der Waals surface area contributed by atoms with Crippen LogP contribution in [0.3, 0.4) is 0 Å². The summed E-state index contributed by atoms with van der Waals surface area (Å²) in [5, 5.41) is 14.0. The van der Waals surface area contributed by atoms with Crippen LogP contribution < -0.4 is 5.32 Å². The number of carboxylic acids is 1. The lowest BCUT2D eigenvalue weighted by atomic mass is 9.79. The highest BCUT2D eigenvalue weighted by Crippen LogP contribution is 2.32. The van der Waals surface area contributed by atoms with Crippen LogP contribution in [0.5, 0.6) is 0 Å². The fraction of sp³-hybridized carbons (Fsp3) is 0.200. The quantitative estimate of drug-likeness (QED) is 0.658. The van der Waals surface area contributed by atoms with Crippen molar-refractivity contribution in [2.45, 2.75) is 24.8 Å². The first kappa shape index (κ1) is 16.7. The predicted octanol–water partition coefficient (Wildman–Crippen LogP) is 3.73. The highest BCUT2D eigenvalue weighted by Gasteiger charge is 2.35. The molecular weight excluding hydrogens is 352 g/mol. The topological polar surface area (TPSA) is 82.2 Å². The zero-order chi connectivity index (χ0) is 18.3. The fourth-order valence-electron chi connectivity index (χ4n) is 3.69. The van der Waals surface area contributed by atoms with E-state index in [1.165, 1.54) is 0 Å². The molecule has 0 aliphatic heterocycles. The molecule has 0 bridgehead atoms. The summed E-state index contributed by atoms with van der Waals surface area (Å²) >= 11 is 5.99. The molecule has 2 aromatic carbocycles. The summed E-state index contributed by atoms with van der Waals surface area (Å²) in [6, 6.07) is 14.1. The number of rotatable bonds is 3. The van der Waals surface area contributed by atoms with Crippen molar-refractivity contribution >= 4 is 34.4 Å². The molecule has 0 unspecified atom stereocenters. The zero-order valence-electron chi connectivity index (χ0n) is 13.8. The Hall–Kier alpha value is -2.79. The number of carbonyl (C=O) groups excluding carboxylic acids is 1. The first-order valence-electron chi connectivity index (χ1n) is 8.42. The van der Waals surface area contributed by atoms with Crippen molar-refractivity contribution < 1.29 is 14.7 Å². The largest absolute Gasteiger partial charge is 0.481 e. The van der Waals surface area contributed by atoms with Gasteiger partial charge in [-0.25, -0.2) is 0 Å². The van der Waals surface area contributed by atoms with E-state index in [2.05, 4.69) is 10.3 Å². The number of benzene rings is 2. The van der Waals surface area contributed by atoms with Crippen LogP contribution in [0.25, 0.3) is 10.9 Å². The molecule has 1 aliphatic carbocycles. The number of hydrogen-bond donors (Lipinski definition) is 3. The lowest BCUT2D eigenvalue weighted by Gasteiger charge is -2.31. The average molecular weight is 369 g/mol. The Kier molecular flexibility index (Phi) is 4.17. The first-order chi connectivity index (χ1) is 12.5. The minimum absolute atomic E-state index is 0.312. The number of aromatic amines is 1. The molecule has 0 saturated heterocycles. The van der Waals surface area contributed by atoms with E-state index in [1.54, 1.807) is 18.2 Å². The third-order valence-electron chi connectivity index (χ3n) is 4.93. The van der Waals surface area contributed by atoms with Crippen LogP contribution in [0.1, 0.15) is 34.0 Å². The van der Waals surface area contributed by atoms with Gasteiger partial charge in [0.2, 0.25) is 0 Å². The minimum atomic E-state index is -0.925. The third-order valence-corrected chi connectivity index (χ3v) is 5.16. The fourth-order valence-corrected chi connectivity index (χ4v) is 3.87. The third kappa shape index (κ3) is 2.95. The van der Waals surface area contributed by atoms with Gasteiger partial charge in [0.25, 0.3) is 5.91 Å². The summed E-state index contributed by atoms with van der Waals surface area (Å²) in [4.78, 5) is 27.6. The molecule has 0 radical (unpaired) electrons. The molecule has 0 fully saturated rings. The highest BCUT2D eigenvalue weighted by atomic mass is 35.5. The predicted molar refractivity (Wildman–Crippen MR) is 99.7 cm³/mol. The Morgan fingerprint density at radius 2 is 1.96 bits per heavy atom. The van der Waals surface area contributed by atoms with Gasteiger partial charge < -0.3 is 15.4 Å². The number of carboxylic acid groups (broad SMARTS) is 1. The highest BCUT2D eigenvalue weighted by molar-refractivity contribution is 6.31. The number of hydrogen-bond acceptors (Lipinski definition) is 2. The van der Waals surface area contributed by atoms with E-state index < -0.39 is 17.9 Å². The molecule has 1 aromatic heterocycles. The van der Waals surface area contributed by atoms with Gasteiger partial charge >= 0.3 is 5.97 Å². The number of fused-ring (bicyclic) bond motifs is 2. The van der Waals surface area contributed by atoms with Gasteiger partial charge in [0.15, 0.2) is 0 Å². The number of carbonyl (C=O) groups is 2. The molecule has 0 spiro atoms. The van der Waals surface area contributed by atoms with Crippen molar-refractivity contribution in [2.24, 2.45) is 0 Å². The average Bonchev–Trinajstić information content (AvgIpc) is 3.04. The molecule has 26 heavy (non-hydrogen) atoms. The Balaban J connectivity index is 1.61. The molecule has 3 N–H and O–H groups in total. The first-order valence-corrected chi connectivity index (χ1v) is 8.80. The van der Waals surface area contributed by atoms with E-state index >= 15 is 0 Å². The Bertz CT molecular complexity index is 1010. The molecule has 0 saturated carbocycles. The lowest BCUT2D eigenvalue weighted by molar-refractivity contribution is -0.139. The summed E-state index contributed by atoms with van der Waals surface area (Å²) in [5.41, 5.74) is 3.01. The van der Waals surface area contributed by atoms with E-state index in [4.69, 9.17) is 11.6 Å². The molecule has 5 nitrogen and oxygen atoms in total. The maximum Gasteiger partial charge on any atom is 0.313 e. The molecule has 2 atom stereocenters. The molecule has 3 aromatic rings. The Morgan fingerprint density at radius 1 is 1.15 bits per heavy atom. The second-order valence-electron chi connectivity index (χ2n) is 6.55. The summed E-state index contributed by atoms with van der Waals surface area (Å²) in [5.74, 6) is -1.98. The number of H-pyrrole nitrogens is 1. The molecule has 1 heterocycles. The van der Waals surface area contributed by atoms with Gasteiger partial charge in [-0.1, -0.05) is 35.9 Å². The molecule has 6 heteroatoms. The number of amides is 1. The van der Waals surface area contributed by atoms with Crippen molar-refractivity contribution in [1.29, 1.82) is 0 Å². The van der Waals surface area contributed by atoms with Crippen LogP contribution in [-0.4, -0.2) is 28.0 Å². The molecule has 4 rings (SSSR count). The molecular formula is C20H17ClN2O3. The van der Waals surface area contributed by atoms with Crippen molar-refractivity contribution in [3.63, 3.8) is 0 Å². The van der Waals surface area contributed by atoms with E-state index in [0.717, 1.165) is 28.5 Å². The number of aliphatic carboxylic acids is 1. The van der Waals surface area contributed by atoms with E-state index in [1.807, 2.05) is 30.3 Å². The van der Waals surface area contributed by atoms with Crippen LogP contribution in [0.15, 0.2) is 48.5 Å². The van der Waals surface area contributed by atoms with Gasteiger partial charge in [-0.2, -0.15) is 0 Å². The van der Waals surface area contributed by atoms with Gasteiger partial charge in [-0.05, 0) is 48.2 Å². The number of halogens is 1. The van der Waals surface area contributed by atoms with E-state index in [-0.39, 0.29) is 5.91 Å². The summed E-state index contributed by atoms with van der Waals surface area (Å²) in [7, 11) is 0. The van der Waals surface area contributed by atoms with Crippen LogP contribution in [0.2, 0.25) is 5.02 Å². The van der Waals surface area contributed by atoms with Gasteiger partial charge in [0.1, 0.15) is 11.6 Å². The number of aromatic nitrogens is 1. The van der Waals surface area contributed by atoms with Gasteiger partial charge in [0.05, 0.1) is 0 Å². The van der Waals surface area contributed by atoms with Crippen LogP contribution >= 0.6 is 11.6 Å². The standard InChI is InChI=1S/C20H17ClN2O3/c21-13-6-8-15-12(9-13)10-17(22-15)19(24)23-16-7-5-11-3-1-2-4-14(11)18(16)20(25)26/h1-4,6,8-10,16,18,22H,5,7H2,(H,23,24)(H,25,26)/t16-,18-/m1/s1. The normalized spacial score (nSPS) is 19.1. The summed E-state index contributed by atoms with van der Waals surface area (Å²) < 4.78 is 0. The number of nitrogens with one attached hydrogen (secondary N) is 2. The smallest absolute Gasteiger partial charge is 0.313 e. The van der Waals surface area contributed by atoms with Crippen molar-refractivity contribution in [1.82, 2.24) is 10.3 Å². The zero-order valence-corrected chi connectivity index (χ0v) is 14.6. The van der Waals surface area contributed by atoms with Crippen molar-refractivity contribution in [3.8, 4) is 0 Å². The van der Waals surface area contributed by atoms with Crippen LogP contribution in [-0.2, 0) is 11.2 Å². The number of aryl methyl sites for hydroxylation is 1. The molecule has 1 aliphatic rings. The van der Waals surface area contributed by atoms with E-state index in [0.29, 0.717) is 17.1 Å². The molecule has 132 valence electrons. The summed E-state index contributed by atoms with van der Waals surface area (Å²) in [6.45, 7) is 0. The Labute approximate surface area is 155 Å². The van der Waals surface area contributed by atoms with Gasteiger partial charge in [0, 0.05) is 22.0 Å². The maximum absolute atomic E-state index is 12.7. The monoisotopic (exact) mass is 368 g/mol. The molecule has 1 amide bonds. The second kappa shape index (κ2) is 6.50. The minimum Gasteiger partial charge on any atom is -0.481 e. The summed E-state index contributed by atoms with van der Waals surface area (Å²) in [6.07, 6.45) is 1.33. The van der Waals surface area contributed by atoms with Crippen molar-refractivity contribution in [3.05, 3.63) is 70.4 Å². The van der Waals surface area contributed by atoms with Crippen LogP contribution in [0, 0.1) is 0 Å². The lowest BCUT2D eigenvalue weighted by Crippen LogP contribution is -2.44.